The minimum Gasteiger partial charge on any atom is -0.497 e. The second-order valence-corrected chi connectivity index (χ2v) is 6.75. The van der Waals surface area contributed by atoms with Gasteiger partial charge in [0.25, 0.3) is 5.91 Å². The topological polar surface area (TPSA) is 59.7 Å². The quantitative estimate of drug-likeness (QED) is 0.475. The van der Waals surface area contributed by atoms with Crippen molar-refractivity contribution in [1.82, 2.24) is 14.6 Å². The lowest BCUT2D eigenvalue weighted by atomic mass is 10.1. The summed E-state index contributed by atoms with van der Waals surface area (Å²) >= 11 is 0. The van der Waals surface area contributed by atoms with Gasteiger partial charge < -0.3 is 9.64 Å². The Morgan fingerprint density at radius 2 is 1.81 bits per heavy atom. The number of halogens is 3. The van der Waals surface area contributed by atoms with Gasteiger partial charge in [0.2, 0.25) is 0 Å². The van der Waals surface area contributed by atoms with Crippen LogP contribution in [0.1, 0.15) is 16.1 Å². The zero-order valence-corrected chi connectivity index (χ0v) is 16.6. The van der Waals surface area contributed by atoms with Gasteiger partial charge in [-0.3, -0.25) is 4.79 Å². The number of nitrogens with zero attached hydrogens (tertiary/aromatic N) is 4. The van der Waals surface area contributed by atoms with Gasteiger partial charge in [-0.25, -0.2) is 9.50 Å². The Balaban J connectivity index is 1.89. The van der Waals surface area contributed by atoms with E-state index in [1.165, 1.54) is 19.1 Å². The lowest BCUT2D eigenvalue weighted by Gasteiger charge is -2.17. The fraction of sp³-hybridized carbons (Fsp3) is 0.136. The molecule has 1 amide bonds. The van der Waals surface area contributed by atoms with Gasteiger partial charge in [0.05, 0.1) is 19.0 Å². The summed E-state index contributed by atoms with van der Waals surface area (Å²) in [7, 11) is 3.00. The molecule has 2 aromatic heterocycles. The van der Waals surface area contributed by atoms with Gasteiger partial charge in [0.1, 0.15) is 11.3 Å². The summed E-state index contributed by atoms with van der Waals surface area (Å²) in [5.74, 6) is -0.0500. The molecule has 2 aromatic carbocycles. The van der Waals surface area contributed by atoms with Crippen LogP contribution in [0.25, 0.3) is 16.9 Å². The standard InChI is InChI=1S/C22H17F3N4O2/c1-28(15-8-4-3-5-9-15)21(30)17-13-26-29-19(22(23,24)25)12-18(27-20(17)29)14-7-6-10-16(11-14)31-2/h3-13H,1-2H3. The van der Waals surface area contributed by atoms with Crippen LogP contribution in [0.5, 0.6) is 5.75 Å². The predicted octanol–water partition coefficient (Wildman–Crippen LogP) is 4.70. The predicted molar refractivity (Wildman–Crippen MR) is 109 cm³/mol. The summed E-state index contributed by atoms with van der Waals surface area (Å²) in [6.45, 7) is 0. The minimum atomic E-state index is -4.70. The van der Waals surface area contributed by atoms with Gasteiger partial charge in [0.15, 0.2) is 11.3 Å². The summed E-state index contributed by atoms with van der Waals surface area (Å²) in [6, 6.07) is 16.2. The lowest BCUT2D eigenvalue weighted by Crippen LogP contribution is -2.26. The van der Waals surface area contributed by atoms with E-state index in [0.717, 1.165) is 12.3 Å². The molecule has 0 aliphatic carbocycles. The molecule has 2 heterocycles. The molecular weight excluding hydrogens is 409 g/mol. The molecule has 9 heteroatoms. The van der Waals surface area contributed by atoms with Gasteiger partial charge in [-0.15, -0.1) is 0 Å². The van der Waals surface area contributed by atoms with Crippen molar-refractivity contribution in [2.24, 2.45) is 0 Å². The van der Waals surface area contributed by atoms with Crippen molar-refractivity contribution in [2.45, 2.75) is 6.18 Å². The summed E-state index contributed by atoms with van der Waals surface area (Å²) in [4.78, 5) is 18.7. The zero-order valence-electron chi connectivity index (χ0n) is 16.6. The highest BCUT2D eigenvalue weighted by molar-refractivity contribution is 6.09. The Morgan fingerprint density at radius 3 is 2.48 bits per heavy atom. The molecule has 0 fully saturated rings. The number of alkyl halides is 3. The molecule has 0 saturated carbocycles. The van der Waals surface area contributed by atoms with Crippen LogP contribution in [0.2, 0.25) is 0 Å². The minimum absolute atomic E-state index is 0.0402. The third-order valence-corrected chi connectivity index (χ3v) is 4.81. The van der Waals surface area contributed by atoms with E-state index >= 15 is 0 Å². The highest BCUT2D eigenvalue weighted by Gasteiger charge is 2.36. The van der Waals surface area contributed by atoms with Crippen molar-refractivity contribution in [2.75, 3.05) is 19.1 Å². The van der Waals surface area contributed by atoms with Crippen LogP contribution in [-0.2, 0) is 6.18 Å². The number of carbonyl (C=O) groups is 1. The third-order valence-electron chi connectivity index (χ3n) is 4.81. The van der Waals surface area contributed by atoms with Crippen molar-refractivity contribution in [3.63, 3.8) is 0 Å². The third kappa shape index (κ3) is 3.81. The van der Waals surface area contributed by atoms with Crippen LogP contribution in [0.3, 0.4) is 0 Å². The first-order valence-electron chi connectivity index (χ1n) is 9.23. The zero-order chi connectivity index (χ0) is 22.2. The first-order valence-corrected chi connectivity index (χ1v) is 9.23. The summed E-state index contributed by atoms with van der Waals surface area (Å²) in [5, 5.41) is 3.81. The monoisotopic (exact) mass is 426 g/mol. The van der Waals surface area contributed by atoms with Crippen molar-refractivity contribution in [3.8, 4) is 17.0 Å². The van der Waals surface area contributed by atoms with Crippen LogP contribution >= 0.6 is 0 Å². The van der Waals surface area contributed by atoms with E-state index in [4.69, 9.17) is 4.74 Å². The van der Waals surface area contributed by atoms with Gasteiger partial charge in [-0.1, -0.05) is 30.3 Å². The number of fused-ring (bicyclic) bond motifs is 1. The van der Waals surface area contributed by atoms with E-state index in [2.05, 4.69) is 10.1 Å². The molecule has 0 N–H and O–H groups in total. The van der Waals surface area contributed by atoms with Crippen molar-refractivity contribution in [3.05, 3.63) is 78.1 Å². The van der Waals surface area contributed by atoms with Crippen molar-refractivity contribution in [1.29, 1.82) is 0 Å². The van der Waals surface area contributed by atoms with Crippen LogP contribution in [0.4, 0.5) is 18.9 Å². The Labute approximate surface area is 175 Å². The fourth-order valence-electron chi connectivity index (χ4n) is 3.20. The van der Waals surface area contributed by atoms with Crippen molar-refractivity contribution >= 4 is 17.2 Å². The molecular formula is C22H17F3N4O2. The average Bonchev–Trinajstić information content (AvgIpc) is 3.21. The Kier molecular flexibility index (Phi) is 5.10. The molecule has 158 valence electrons. The van der Waals surface area contributed by atoms with Gasteiger partial charge >= 0.3 is 6.18 Å². The molecule has 0 saturated heterocycles. The second kappa shape index (κ2) is 7.75. The second-order valence-electron chi connectivity index (χ2n) is 6.75. The SMILES string of the molecule is COc1cccc(-c2cc(C(F)(F)F)n3ncc(C(=O)N(C)c4ccccc4)c3n2)c1. The molecule has 0 spiro atoms. The first kappa shape index (κ1) is 20.4. The number of aromatic nitrogens is 3. The number of benzene rings is 2. The molecule has 6 nitrogen and oxygen atoms in total. The fourth-order valence-corrected chi connectivity index (χ4v) is 3.20. The van der Waals surface area contributed by atoms with E-state index in [1.807, 2.05) is 0 Å². The van der Waals surface area contributed by atoms with Gasteiger partial charge in [-0.05, 0) is 30.3 Å². The first-order chi connectivity index (χ1) is 14.8. The molecule has 0 bridgehead atoms. The highest BCUT2D eigenvalue weighted by Crippen LogP contribution is 2.33. The maximum atomic E-state index is 13.8. The lowest BCUT2D eigenvalue weighted by molar-refractivity contribution is -0.142. The summed E-state index contributed by atoms with van der Waals surface area (Å²) in [5.41, 5.74) is -0.190. The molecule has 0 aliphatic rings. The maximum absolute atomic E-state index is 13.8. The normalized spacial score (nSPS) is 11.5. The van der Waals surface area contributed by atoms with E-state index in [-0.39, 0.29) is 16.9 Å². The number of hydrogen-bond acceptors (Lipinski definition) is 4. The highest BCUT2D eigenvalue weighted by atomic mass is 19.4. The molecule has 31 heavy (non-hydrogen) atoms. The summed E-state index contributed by atoms with van der Waals surface area (Å²) < 4.78 is 47.2. The summed E-state index contributed by atoms with van der Waals surface area (Å²) in [6.07, 6.45) is -3.60. The number of ether oxygens (including phenoxy) is 1. The molecule has 0 aliphatic heterocycles. The van der Waals surface area contributed by atoms with E-state index in [1.54, 1.807) is 54.6 Å². The molecule has 4 rings (SSSR count). The number of anilines is 1. The van der Waals surface area contributed by atoms with E-state index in [9.17, 15) is 18.0 Å². The van der Waals surface area contributed by atoms with Crippen LogP contribution in [-0.4, -0.2) is 34.7 Å². The number of carbonyl (C=O) groups excluding carboxylic acids is 1. The molecule has 4 aromatic rings. The molecule has 0 atom stereocenters. The Hall–Kier alpha value is -3.88. The Bertz CT molecular complexity index is 1250. The van der Waals surface area contributed by atoms with E-state index in [0.29, 0.717) is 21.5 Å². The van der Waals surface area contributed by atoms with E-state index < -0.39 is 17.8 Å². The number of methoxy groups -OCH3 is 1. The van der Waals surface area contributed by atoms with Crippen LogP contribution in [0, 0.1) is 0 Å². The smallest absolute Gasteiger partial charge is 0.433 e. The largest absolute Gasteiger partial charge is 0.497 e. The number of hydrogen-bond donors (Lipinski definition) is 0. The maximum Gasteiger partial charge on any atom is 0.433 e. The van der Waals surface area contributed by atoms with Crippen molar-refractivity contribution < 1.29 is 22.7 Å². The molecule has 0 radical (unpaired) electrons. The average molecular weight is 426 g/mol. The van der Waals surface area contributed by atoms with Crippen LogP contribution < -0.4 is 9.64 Å². The molecule has 0 unspecified atom stereocenters. The number of para-hydroxylation sites is 1. The van der Waals surface area contributed by atoms with Crippen LogP contribution in [0.15, 0.2) is 66.9 Å². The van der Waals surface area contributed by atoms with Gasteiger partial charge in [-0.2, -0.15) is 18.3 Å². The van der Waals surface area contributed by atoms with Gasteiger partial charge in [0, 0.05) is 18.3 Å². The Morgan fingerprint density at radius 1 is 1.06 bits per heavy atom. The number of rotatable bonds is 4. The number of amides is 1.